The zero-order chi connectivity index (χ0) is 27.0. The molecule has 0 unspecified atom stereocenters. The third kappa shape index (κ3) is 6.34. The predicted octanol–water partition coefficient (Wildman–Crippen LogP) is 5.72. The lowest BCUT2D eigenvalue weighted by Crippen LogP contribution is -2.45. The highest BCUT2D eigenvalue weighted by atomic mass is 32.1. The average molecular weight is 537 g/mol. The van der Waals surface area contributed by atoms with E-state index < -0.39 is 23.6 Å². The number of hydrogen-bond donors (Lipinski definition) is 1. The van der Waals surface area contributed by atoms with Crippen molar-refractivity contribution in [2.45, 2.75) is 64.6 Å². The summed E-state index contributed by atoms with van der Waals surface area (Å²) in [6.07, 6.45) is -1.19. The van der Waals surface area contributed by atoms with Crippen LogP contribution in [0, 0.1) is 0 Å². The molecule has 0 bridgehead atoms. The quantitative estimate of drug-likeness (QED) is 0.409. The number of hydrogen-bond acceptors (Lipinski definition) is 9. The summed E-state index contributed by atoms with van der Waals surface area (Å²) in [5, 5.41) is 3.77. The number of rotatable bonds is 7. The van der Waals surface area contributed by atoms with Gasteiger partial charge in [0, 0.05) is 18.6 Å². The second kappa shape index (κ2) is 10.2. The first-order valence-corrected chi connectivity index (χ1v) is 12.4. The summed E-state index contributed by atoms with van der Waals surface area (Å²) in [6, 6.07) is 3.39. The summed E-state index contributed by atoms with van der Waals surface area (Å²) in [5.74, 6) is 0.616. The van der Waals surface area contributed by atoms with Gasteiger partial charge in [0.05, 0.1) is 22.6 Å². The lowest BCUT2D eigenvalue weighted by atomic mass is 10.1. The van der Waals surface area contributed by atoms with Crippen LogP contribution >= 0.6 is 11.3 Å². The molecule has 1 aliphatic rings. The van der Waals surface area contributed by atoms with Crippen LogP contribution < -0.4 is 10.2 Å². The minimum Gasteiger partial charge on any atom is -0.447 e. The Morgan fingerprint density at radius 3 is 2.59 bits per heavy atom. The molecule has 1 aliphatic heterocycles. The second-order valence-electron chi connectivity index (χ2n) is 9.54. The predicted molar refractivity (Wildman–Crippen MR) is 132 cm³/mol. The van der Waals surface area contributed by atoms with Crippen LogP contribution in [0.5, 0.6) is 0 Å². The van der Waals surface area contributed by atoms with Crippen LogP contribution in [0.3, 0.4) is 0 Å². The Balaban J connectivity index is 1.50. The van der Waals surface area contributed by atoms with Crippen LogP contribution in [-0.4, -0.2) is 50.4 Å². The van der Waals surface area contributed by atoms with Gasteiger partial charge in [0.15, 0.2) is 0 Å². The van der Waals surface area contributed by atoms with E-state index in [1.807, 2.05) is 34.6 Å². The van der Waals surface area contributed by atoms with Gasteiger partial charge in [-0.15, -0.1) is 11.3 Å². The molecule has 3 aromatic rings. The van der Waals surface area contributed by atoms with Gasteiger partial charge in [0.25, 0.3) is 0 Å². The molecular weight excluding hydrogens is 509 g/mol. The van der Waals surface area contributed by atoms with Crippen LogP contribution in [0.2, 0.25) is 0 Å². The molecule has 0 aliphatic carbocycles. The Hall–Kier alpha value is -3.32. The first kappa shape index (κ1) is 26.7. The number of carbonyl (C=O) groups is 1. The summed E-state index contributed by atoms with van der Waals surface area (Å²) >= 11 is 1.25. The number of alkyl halides is 3. The van der Waals surface area contributed by atoms with Gasteiger partial charge in [-0.25, -0.2) is 14.8 Å². The smallest absolute Gasteiger partial charge is 0.433 e. The van der Waals surface area contributed by atoms with Gasteiger partial charge >= 0.3 is 12.3 Å². The Kier molecular flexibility index (Phi) is 7.38. The van der Waals surface area contributed by atoms with Crippen molar-refractivity contribution in [2.75, 3.05) is 16.8 Å². The van der Waals surface area contributed by atoms with Crippen LogP contribution in [0.4, 0.5) is 29.7 Å². The standard InChI is InChI=1S/C24H27F3N6O3S/c1-13(20-30-11-17(37-20)15-6-8-28-18(10-15)24(25,26)27)31-21-29-9-7-19(32-21)33-16(12-35-22(33)34)14(2)36-23(3,4)5/h6-11,13-14,16H,12H2,1-5H3,(H,29,31,32)/t13-,14+,16+/m0/s1. The molecule has 0 saturated carbocycles. The van der Waals surface area contributed by atoms with E-state index in [9.17, 15) is 18.0 Å². The number of halogens is 3. The van der Waals surface area contributed by atoms with Crippen LogP contribution in [0.15, 0.2) is 36.8 Å². The number of cyclic esters (lactones) is 1. The van der Waals surface area contributed by atoms with Crippen LogP contribution in [-0.2, 0) is 15.7 Å². The largest absolute Gasteiger partial charge is 0.447 e. The number of nitrogens with one attached hydrogen (secondary N) is 1. The SMILES string of the molecule is C[C@H](Nc1nccc(N2C(=O)OC[C@@H]2[C@@H](C)OC(C)(C)C)n1)c1ncc(-c2ccnc(C(F)(F)F)c2)s1. The molecule has 1 N–H and O–H groups in total. The van der Waals surface area contributed by atoms with E-state index in [-0.39, 0.29) is 30.7 Å². The van der Waals surface area contributed by atoms with E-state index in [1.165, 1.54) is 34.7 Å². The molecular formula is C24H27F3N6O3S. The number of anilines is 2. The van der Waals surface area contributed by atoms with Gasteiger partial charge in [-0.3, -0.25) is 9.88 Å². The molecule has 4 rings (SSSR count). The molecule has 0 spiro atoms. The third-order valence-electron chi connectivity index (χ3n) is 5.45. The second-order valence-corrected chi connectivity index (χ2v) is 10.6. The third-order valence-corrected chi connectivity index (χ3v) is 6.68. The molecule has 3 atom stereocenters. The van der Waals surface area contributed by atoms with Crippen molar-refractivity contribution in [3.8, 4) is 10.4 Å². The van der Waals surface area contributed by atoms with Crippen molar-refractivity contribution >= 4 is 29.2 Å². The van der Waals surface area contributed by atoms with E-state index in [0.29, 0.717) is 21.3 Å². The number of aromatic nitrogens is 4. The van der Waals surface area contributed by atoms with Crippen molar-refractivity contribution in [3.05, 3.63) is 47.5 Å². The molecule has 198 valence electrons. The fourth-order valence-electron chi connectivity index (χ4n) is 3.85. The zero-order valence-corrected chi connectivity index (χ0v) is 21.7. The van der Waals surface area contributed by atoms with Crippen molar-refractivity contribution in [1.82, 2.24) is 19.9 Å². The fraction of sp³-hybridized carbons (Fsp3) is 0.458. The number of nitrogens with zero attached hydrogens (tertiary/aromatic N) is 5. The summed E-state index contributed by atoms with van der Waals surface area (Å²) < 4.78 is 50.4. The summed E-state index contributed by atoms with van der Waals surface area (Å²) in [5.41, 5.74) is -0.985. The van der Waals surface area contributed by atoms with E-state index >= 15 is 0 Å². The zero-order valence-electron chi connectivity index (χ0n) is 20.9. The fourth-order valence-corrected chi connectivity index (χ4v) is 4.77. The van der Waals surface area contributed by atoms with E-state index in [0.717, 1.165) is 12.3 Å². The number of carbonyl (C=O) groups excluding carboxylic acids is 1. The molecule has 1 fully saturated rings. The van der Waals surface area contributed by atoms with Crippen molar-refractivity contribution in [3.63, 3.8) is 0 Å². The maximum Gasteiger partial charge on any atom is 0.433 e. The molecule has 0 radical (unpaired) electrons. The van der Waals surface area contributed by atoms with Crippen LogP contribution in [0.25, 0.3) is 10.4 Å². The first-order chi connectivity index (χ1) is 17.3. The molecule has 4 heterocycles. The number of amides is 1. The van der Waals surface area contributed by atoms with Gasteiger partial charge in [-0.2, -0.15) is 18.2 Å². The van der Waals surface area contributed by atoms with Gasteiger partial charge in [0.1, 0.15) is 29.2 Å². The minimum atomic E-state index is -4.53. The van der Waals surface area contributed by atoms with Crippen molar-refractivity contribution < 1.29 is 27.4 Å². The van der Waals surface area contributed by atoms with Gasteiger partial charge in [0.2, 0.25) is 5.95 Å². The molecule has 0 aromatic carbocycles. The summed E-state index contributed by atoms with van der Waals surface area (Å²) in [7, 11) is 0. The van der Waals surface area contributed by atoms with E-state index in [1.54, 1.807) is 6.07 Å². The average Bonchev–Trinajstić information content (AvgIpc) is 3.45. The minimum absolute atomic E-state index is 0.173. The molecule has 1 saturated heterocycles. The van der Waals surface area contributed by atoms with Crippen molar-refractivity contribution in [2.24, 2.45) is 0 Å². The lowest BCUT2D eigenvalue weighted by Gasteiger charge is -2.31. The first-order valence-electron chi connectivity index (χ1n) is 11.5. The molecule has 3 aromatic heterocycles. The van der Waals surface area contributed by atoms with E-state index in [4.69, 9.17) is 9.47 Å². The molecule has 1 amide bonds. The summed E-state index contributed by atoms with van der Waals surface area (Å²) in [6.45, 7) is 9.70. The maximum atomic E-state index is 13.0. The molecule has 13 heteroatoms. The van der Waals surface area contributed by atoms with E-state index in [2.05, 4.69) is 25.3 Å². The maximum absolute atomic E-state index is 13.0. The Morgan fingerprint density at radius 1 is 1.16 bits per heavy atom. The van der Waals surface area contributed by atoms with Crippen LogP contribution in [0.1, 0.15) is 51.4 Å². The molecule has 9 nitrogen and oxygen atoms in total. The Bertz CT molecular complexity index is 1260. The number of thiazole rings is 1. The Morgan fingerprint density at radius 2 is 1.89 bits per heavy atom. The monoisotopic (exact) mass is 536 g/mol. The normalized spacial score (nSPS) is 18.0. The Labute approximate surface area is 216 Å². The van der Waals surface area contributed by atoms with Gasteiger partial charge in [-0.1, -0.05) is 0 Å². The number of ether oxygens (including phenoxy) is 2. The van der Waals surface area contributed by atoms with Gasteiger partial charge in [-0.05, 0) is 58.4 Å². The van der Waals surface area contributed by atoms with Gasteiger partial charge < -0.3 is 14.8 Å². The van der Waals surface area contributed by atoms with Crippen molar-refractivity contribution in [1.29, 1.82) is 0 Å². The molecule has 37 heavy (non-hydrogen) atoms. The lowest BCUT2D eigenvalue weighted by molar-refractivity contribution is -0.141. The number of pyridine rings is 1. The highest BCUT2D eigenvalue weighted by Crippen LogP contribution is 2.34. The highest BCUT2D eigenvalue weighted by molar-refractivity contribution is 7.15. The topological polar surface area (TPSA) is 102 Å². The summed E-state index contributed by atoms with van der Waals surface area (Å²) in [4.78, 5) is 31.0. The highest BCUT2D eigenvalue weighted by Gasteiger charge is 2.40.